The molecular formula is C14H23N5O2. The molecule has 2 atom stereocenters. The zero-order chi connectivity index (χ0) is 14.8. The number of piperidine rings is 2. The molecule has 3 rings (SSSR count). The summed E-state index contributed by atoms with van der Waals surface area (Å²) in [5.41, 5.74) is 0.385. The largest absolute Gasteiger partial charge is 0.391 e. The molecular weight excluding hydrogens is 270 g/mol. The summed E-state index contributed by atoms with van der Waals surface area (Å²) in [5, 5.41) is 21.4. The highest BCUT2D eigenvalue weighted by Crippen LogP contribution is 2.20. The minimum atomic E-state index is -0.442. The summed E-state index contributed by atoms with van der Waals surface area (Å²) >= 11 is 0. The number of nitrogens with zero attached hydrogens (tertiary/aromatic N) is 4. The van der Waals surface area contributed by atoms with Crippen LogP contribution in [0.2, 0.25) is 0 Å². The van der Waals surface area contributed by atoms with Gasteiger partial charge in [0.15, 0.2) is 5.69 Å². The number of carbonyl (C=O) groups excluding carboxylic acids is 1. The summed E-state index contributed by atoms with van der Waals surface area (Å²) in [6.45, 7) is 5.03. The zero-order valence-electron chi connectivity index (χ0n) is 12.4. The van der Waals surface area contributed by atoms with Crippen LogP contribution in [0.4, 0.5) is 0 Å². The highest BCUT2D eigenvalue weighted by Gasteiger charge is 2.29. The molecule has 1 aromatic heterocycles. The molecule has 7 heteroatoms. The van der Waals surface area contributed by atoms with Crippen molar-refractivity contribution in [2.24, 2.45) is 5.92 Å². The quantitative estimate of drug-likeness (QED) is 0.805. The molecule has 2 aliphatic heterocycles. The fourth-order valence-corrected chi connectivity index (χ4v) is 3.02. The highest BCUT2D eigenvalue weighted by atomic mass is 16.3. The Labute approximate surface area is 124 Å². The van der Waals surface area contributed by atoms with Crippen molar-refractivity contribution in [2.75, 3.05) is 26.2 Å². The van der Waals surface area contributed by atoms with Gasteiger partial charge in [0.05, 0.1) is 18.3 Å². The van der Waals surface area contributed by atoms with Gasteiger partial charge in [-0.25, -0.2) is 4.68 Å². The molecule has 7 nitrogen and oxygen atoms in total. The van der Waals surface area contributed by atoms with E-state index in [4.69, 9.17) is 0 Å². The van der Waals surface area contributed by atoms with Crippen LogP contribution in [0.5, 0.6) is 0 Å². The van der Waals surface area contributed by atoms with E-state index in [2.05, 4.69) is 15.6 Å². The van der Waals surface area contributed by atoms with Gasteiger partial charge in [-0.2, -0.15) is 0 Å². The second kappa shape index (κ2) is 6.11. The number of hydrogen-bond acceptors (Lipinski definition) is 5. The van der Waals surface area contributed by atoms with Crippen molar-refractivity contribution < 1.29 is 9.90 Å². The minimum Gasteiger partial charge on any atom is -0.391 e. The second-order valence-electron chi connectivity index (χ2n) is 6.15. The average Bonchev–Trinajstić information content (AvgIpc) is 3.00. The molecule has 2 N–H and O–H groups in total. The minimum absolute atomic E-state index is 0.124. The Bertz CT molecular complexity index is 497. The lowest BCUT2D eigenvalue weighted by Crippen LogP contribution is -2.45. The maximum Gasteiger partial charge on any atom is 0.276 e. The third kappa shape index (κ3) is 3.08. The lowest BCUT2D eigenvalue weighted by molar-refractivity contribution is 0.0245. The highest BCUT2D eigenvalue weighted by molar-refractivity contribution is 5.92. The normalized spacial score (nSPS) is 27.8. The SMILES string of the molecule is CC1CCN(C(=O)c2cn(C3CCNCC3)nn2)CC1O. The first-order valence-electron chi connectivity index (χ1n) is 7.75. The Morgan fingerprint density at radius 3 is 2.86 bits per heavy atom. The van der Waals surface area contributed by atoms with Crippen LogP contribution in [-0.4, -0.2) is 63.2 Å². The van der Waals surface area contributed by atoms with Gasteiger partial charge in [0, 0.05) is 13.1 Å². The Kier molecular flexibility index (Phi) is 4.21. The predicted molar refractivity (Wildman–Crippen MR) is 76.9 cm³/mol. The fraction of sp³-hybridized carbons (Fsp3) is 0.786. The molecule has 0 saturated carbocycles. The van der Waals surface area contributed by atoms with Gasteiger partial charge in [0.2, 0.25) is 0 Å². The number of β-amino-alcohol motifs (C(OH)–C–C–N with tert-alkyl or cyclic N) is 1. The van der Waals surface area contributed by atoms with Gasteiger partial charge in [0.25, 0.3) is 5.91 Å². The summed E-state index contributed by atoms with van der Waals surface area (Å²) in [4.78, 5) is 14.1. The van der Waals surface area contributed by atoms with E-state index in [1.165, 1.54) is 0 Å². The van der Waals surface area contributed by atoms with Gasteiger partial charge in [-0.05, 0) is 38.3 Å². The van der Waals surface area contributed by atoms with Crippen molar-refractivity contribution in [1.29, 1.82) is 0 Å². The van der Waals surface area contributed by atoms with E-state index in [1.807, 2.05) is 11.6 Å². The second-order valence-corrected chi connectivity index (χ2v) is 6.15. The maximum absolute atomic E-state index is 12.4. The van der Waals surface area contributed by atoms with Crippen LogP contribution in [-0.2, 0) is 0 Å². The smallest absolute Gasteiger partial charge is 0.276 e. The molecule has 2 fully saturated rings. The van der Waals surface area contributed by atoms with Gasteiger partial charge in [-0.3, -0.25) is 4.79 Å². The van der Waals surface area contributed by atoms with E-state index in [0.29, 0.717) is 24.8 Å². The van der Waals surface area contributed by atoms with E-state index in [1.54, 1.807) is 11.1 Å². The zero-order valence-corrected chi connectivity index (χ0v) is 12.4. The van der Waals surface area contributed by atoms with Crippen molar-refractivity contribution in [1.82, 2.24) is 25.2 Å². The molecule has 1 aromatic rings. The van der Waals surface area contributed by atoms with Crippen LogP contribution in [0.25, 0.3) is 0 Å². The van der Waals surface area contributed by atoms with Crippen LogP contribution < -0.4 is 5.32 Å². The summed E-state index contributed by atoms with van der Waals surface area (Å²) < 4.78 is 1.82. The number of likely N-dealkylation sites (tertiary alicyclic amines) is 1. The molecule has 3 heterocycles. The van der Waals surface area contributed by atoms with Gasteiger partial charge in [0.1, 0.15) is 0 Å². The molecule has 1 amide bonds. The fourth-order valence-electron chi connectivity index (χ4n) is 3.02. The number of rotatable bonds is 2. The number of amides is 1. The van der Waals surface area contributed by atoms with Crippen LogP contribution in [0.3, 0.4) is 0 Å². The summed E-state index contributed by atoms with van der Waals surface area (Å²) in [7, 11) is 0. The van der Waals surface area contributed by atoms with Crippen LogP contribution in [0.1, 0.15) is 42.7 Å². The first-order chi connectivity index (χ1) is 10.1. The van der Waals surface area contributed by atoms with Gasteiger partial charge in [-0.1, -0.05) is 12.1 Å². The van der Waals surface area contributed by atoms with E-state index in [9.17, 15) is 9.90 Å². The third-order valence-corrected chi connectivity index (χ3v) is 4.62. The molecule has 2 aliphatic rings. The maximum atomic E-state index is 12.4. The Balaban J connectivity index is 1.66. The van der Waals surface area contributed by atoms with E-state index in [-0.39, 0.29) is 11.8 Å². The average molecular weight is 293 g/mol. The van der Waals surface area contributed by atoms with E-state index < -0.39 is 6.10 Å². The summed E-state index contributed by atoms with van der Waals surface area (Å²) in [5.74, 6) is 0.126. The lowest BCUT2D eigenvalue weighted by Gasteiger charge is -2.33. The number of aliphatic hydroxyl groups is 1. The topological polar surface area (TPSA) is 83.3 Å². The van der Waals surface area contributed by atoms with E-state index in [0.717, 1.165) is 32.4 Å². The van der Waals surface area contributed by atoms with Crippen LogP contribution >= 0.6 is 0 Å². The lowest BCUT2D eigenvalue weighted by atomic mass is 9.96. The number of aliphatic hydroxyl groups excluding tert-OH is 1. The summed E-state index contributed by atoms with van der Waals surface area (Å²) in [6, 6.07) is 0.326. The standard InChI is InChI=1S/C14H23N5O2/c1-10-4-7-18(9-13(10)20)14(21)12-8-19(17-16-12)11-2-5-15-6-3-11/h8,10-11,13,15,20H,2-7,9H2,1H3. The molecule has 0 bridgehead atoms. The molecule has 21 heavy (non-hydrogen) atoms. The van der Waals surface area contributed by atoms with Crippen molar-refractivity contribution in [3.05, 3.63) is 11.9 Å². The van der Waals surface area contributed by atoms with Crippen molar-refractivity contribution in [3.63, 3.8) is 0 Å². The van der Waals surface area contributed by atoms with Crippen LogP contribution in [0.15, 0.2) is 6.20 Å². The third-order valence-electron chi connectivity index (χ3n) is 4.62. The van der Waals surface area contributed by atoms with Crippen LogP contribution in [0, 0.1) is 5.92 Å². The number of hydrogen-bond donors (Lipinski definition) is 2. The molecule has 2 unspecified atom stereocenters. The molecule has 0 aromatic carbocycles. The van der Waals surface area contributed by atoms with Gasteiger partial charge < -0.3 is 15.3 Å². The van der Waals surface area contributed by atoms with Crippen molar-refractivity contribution in [3.8, 4) is 0 Å². The number of nitrogens with one attached hydrogen (secondary N) is 1. The Morgan fingerprint density at radius 2 is 2.14 bits per heavy atom. The van der Waals surface area contributed by atoms with Gasteiger partial charge >= 0.3 is 0 Å². The Hall–Kier alpha value is -1.47. The first-order valence-corrected chi connectivity index (χ1v) is 7.75. The molecule has 2 saturated heterocycles. The predicted octanol–water partition coefficient (Wildman–Crippen LogP) is 0.0455. The molecule has 116 valence electrons. The monoisotopic (exact) mass is 293 g/mol. The van der Waals surface area contributed by atoms with Crippen molar-refractivity contribution >= 4 is 5.91 Å². The van der Waals surface area contributed by atoms with E-state index >= 15 is 0 Å². The summed E-state index contributed by atoms with van der Waals surface area (Å²) in [6.07, 6.45) is 4.16. The molecule has 0 radical (unpaired) electrons. The number of carbonyl (C=O) groups is 1. The Morgan fingerprint density at radius 1 is 1.38 bits per heavy atom. The van der Waals surface area contributed by atoms with Gasteiger partial charge in [-0.15, -0.1) is 5.10 Å². The number of aromatic nitrogens is 3. The van der Waals surface area contributed by atoms with Crippen molar-refractivity contribution in [2.45, 2.75) is 38.3 Å². The molecule has 0 spiro atoms. The molecule has 0 aliphatic carbocycles. The first kappa shape index (κ1) is 14.5.